The highest BCUT2D eigenvalue weighted by Crippen LogP contribution is 2.57. The first-order valence-electron chi connectivity index (χ1n) is 9.72. The third kappa shape index (κ3) is 2.33. The summed E-state index contributed by atoms with van der Waals surface area (Å²) in [5, 5.41) is 0. The third-order valence-corrected chi connectivity index (χ3v) is 6.23. The Morgan fingerprint density at radius 1 is 0.643 bits per heavy atom. The van der Waals surface area contributed by atoms with Gasteiger partial charge < -0.3 is 0 Å². The van der Waals surface area contributed by atoms with Gasteiger partial charge in [-0.2, -0.15) is 0 Å². The normalized spacial score (nSPS) is 29.9. The lowest BCUT2D eigenvalue weighted by molar-refractivity contribution is -0.146. The second kappa shape index (κ2) is 5.52. The van der Waals surface area contributed by atoms with E-state index < -0.39 is 29.2 Å². The van der Waals surface area contributed by atoms with Crippen molar-refractivity contribution in [2.24, 2.45) is 23.7 Å². The summed E-state index contributed by atoms with van der Waals surface area (Å²) in [7, 11) is 0. The van der Waals surface area contributed by atoms with Crippen LogP contribution in [0.15, 0.2) is 24.3 Å². The van der Waals surface area contributed by atoms with Gasteiger partial charge in [0.05, 0.1) is 29.4 Å². The van der Waals surface area contributed by atoms with Crippen molar-refractivity contribution in [3.05, 3.63) is 29.8 Å². The summed E-state index contributed by atoms with van der Waals surface area (Å²) in [6.45, 7) is 11.6. The number of hydrogen-bond acceptors (Lipinski definition) is 4. The van der Waals surface area contributed by atoms with Gasteiger partial charge in [-0.15, -0.1) is 0 Å². The molecule has 2 saturated heterocycles. The van der Waals surface area contributed by atoms with Crippen molar-refractivity contribution in [3.8, 4) is 0 Å². The molecule has 6 nitrogen and oxygen atoms in total. The van der Waals surface area contributed by atoms with Gasteiger partial charge in [-0.05, 0) is 43.9 Å². The molecule has 4 unspecified atom stereocenters. The number of benzene rings is 1. The number of carbonyl (C=O) groups excluding carboxylic acids is 4. The van der Waals surface area contributed by atoms with Crippen LogP contribution >= 0.6 is 0 Å². The topological polar surface area (TPSA) is 74.8 Å². The van der Waals surface area contributed by atoms with Crippen molar-refractivity contribution in [1.29, 1.82) is 0 Å². The van der Waals surface area contributed by atoms with E-state index in [0.717, 1.165) is 5.56 Å². The van der Waals surface area contributed by atoms with Crippen LogP contribution in [-0.4, -0.2) is 34.1 Å². The van der Waals surface area contributed by atoms with Gasteiger partial charge in [-0.1, -0.05) is 32.9 Å². The Balaban J connectivity index is 1.65. The van der Waals surface area contributed by atoms with Gasteiger partial charge in [0.25, 0.3) is 0 Å². The maximum atomic E-state index is 13.0. The van der Waals surface area contributed by atoms with Crippen LogP contribution in [0.3, 0.4) is 0 Å². The number of fused-ring (bicyclic) bond motifs is 4. The molecule has 4 rings (SSSR count). The van der Waals surface area contributed by atoms with E-state index in [9.17, 15) is 19.2 Å². The molecule has 0 N–H and O–H groups in total. The average molecular weight is 382 g/mol. The highest BCUT2D eigenvalue weighted by molar-refractivity contribution is 6.27. The summed E-state index contributed by atoms with van der Waals surface area (Å²) in [6.07, 6.45) is 0. The molecule has 2 heterocycles. The van der Waals surface area contributed by atoms with E-state index >= 15 is 0 Å². The van der Waals surface area contributed by atoms with Crippen LogP contribution < -0.4 is 4.90 Å². The fourth-order valence-corrected chi connectivity index (χ4v) is 4.82. The summed E-state index contributed by atoms with van der Waals surface area (Å²) >= 11 is 0. The predicted molar refractivity (Wildman–Crippen MR) is 103 cm³/mol. The molecular formula is C22H26N2O4. The van der Waals surface area contributed by atoms with Crippen LogP contribution in [0.4, 0.5) is 5.69 Å². The second-order valence-electron chi connectivity index (χ2n) is 10.1. The molecule has 0 spiro atoms. The van der Waals surface area contributed by atoms with Crippen LogP contribution in [0.5, 0.6) is 0 Å². The number of nitrogens with zero attached hydrogens (tertiary/aromatic N) is 2. The Bertz CT molecular complexity index is 864. The average Bonchev–Trinajstić information content (AvgIpc) is 2.85. The molecule has 4 atom stereocenters. The minimum Gasteiger partial charge on any atom is -0.277 e. The van der Waals surface area contributed by atoms with Crippen molar-refractivity contribution in [3.63, 3.8) is 0 Å². The van der Waals surface area contributed by atoms with Crippen LogP contribution in [0.2, 0.25) is 0 Å². The van der Waals surface area contributed by atoms with E-state index in [0.29, 0.717) is 5.69 Å². The van der Waals surface area contributed by atoms with E-state index in [4.69, 9.17) is 0 Å². The molecule has 1 saturated carbocycles. The first kappa shape index (κ1) is 18.8. The Morgan fingerprint density at radius 2 is 1.04 bits per heavy atom. The van der Waals surface area contributed by atoms with E-state index in [1.54, 1.807) is 32.9 Å². The molecule has 3 aliphatic rings. The number of amides is 4. The van der Waals surface area contributed by atoms with Gasteiger partial charge in [0.1, 0.15) is 0 Å². The zero-order valence-corrected chi connectivity index (χ0v) is 17.1. The number of hydrogen-bond donors (Lipinski definition) is 0. The molecule has 6 heteroatoms. The van der Waals surface area contributed by atoms with E-state index in [-0.39, 0.29) is 29.0 Å². The molecule has 1 aromatic rings. The maximum absolute atomic E-state index is 13.0. The monoisotopic (exact) mass is 382 g/mol. The molecule has 0 radical (unpaired) electrons. The molecular weight excluding hydrogens is 356 g/mol. The Morgan fingerprint density at radius 3 is 1.39 bits per heavy atom. The molecule has 28 heavy (non-hydrogen) atoms. The predicted octanol–water partition coefficient (Wildman–Crippen LogP) is 2.50. The van der Waals surface area contributed by atoms with Gasteiger partial charge >= 0.3 is 0 Å². The zero-order chi connectivity index (χ0) is 20.8. The standard InChI is InChI=1S/C22H26N2O4/c1-21(2,3)11-7-9-12(10-8-11)23-17(25)13-14(18(23)26)16-15(13)19(27)24(20(16)28)22(4,5)6/h7-10,13-16H,1-6H3. The quantitative estimate of drug-likeness (QED) is 0.700. The molecule has 1 aliphatic carbocycles. The molecule has 0 aromatic heterocycles. The number of rotatable bonds is 1. The highest BCUT2D eigenvalue weighted by atomic mass is 16.2. The zero-order valence-electron chi connectivity index (χ0n) is 17.1. The van der Waals surface area contributed by atoms with E-state index in [1.807, 2.05) is 12.1 Å². The minimum atomic E-state index is -0.719. The van der Waals surface area contributed by atoms with Gasteiger partial charge in [-0.3, -0.25) is 29.0 Å². The first-order chi connectivity index (χ1) is 12.9. The van der Waals surface area contributed by atoms with Crippen molar-refractivity contribution >= 4 is 29.3 Å². The number of imide groups is 2. The van der Waals surface area contributed by atoms with Crippen molar-refractivity contribution < 1.29 is 19.2 Å². The fraction of sp³-hybridized carbons (Fsp3) is 0.545. The van der Waals surface area contributed by atoms with E-state index in [2.05, 4.69) is 20.8 Å². The highest BCUT2D eigenvalue weighted by Gasteiger charge is 2.74. The largest absolute Gasteiger partial charge is 0.277 e. The Kier molecular flexibility index (Phi) is 3.72. The van der Waals surface area contributed by atoms with Gasteiger partial charge in [0.2, 0.25) is 23.6 Å². The Labute approximate surface area is 164 Å². The van der Waals surface area contributed by atoms with Gasteiger partial charge in [0, 0.05) is 5.54 Å². The van der Waals surface area contributed by atoms with Gasteiger partial charge in [-0.25, -0.2) is 0 Å². The Hall–Kier alpha value is -2.50. The molecule has 2 aliphatic heterocycles. The molecule has 3 fully saturated rings. The molecule has 148 valence electrons. The van der Waals surface area contributed by atoms with E-state index in [1.165, 1.54) is 9.80 Å². The minimum absolute atomic E-state index is 0.0388. The number of anilines is 1. The van der Waals surface area contributed by atoms with Crippen LogP contribution in [0.1, 0.15) is 47.1 Å². The lowest BCUT2D eigenvalue weighted by atomic mass is 9.59. The third-order valence-electron chi connectivity index (χ3n) is 6.23. The summed E-state index contributed by atoms with van der Waals surface area (Å²) in [5.74, 6) is -4.22. The summed E-state index contributed by atoms with van der Waals surface area (Å²) in [6, 6.07) is 7.35. The SMILES string of the molecule is CC(C)(C)c1ccc(N2C(=O)C3C(C2=O)C2C(=O)N(C(C)(C)C)C(=O)C32)cc1. The maximum Gasteiger partial charge on any atom is 0.238 e. The summed E-state index contributed by atoms with van der Waals surface area (Å²) < 4.78 is 0. The fourth-order valence-electron chi connectivity index (χ4n) is 4.82. The smallest absolute Gasteiger partial charge is 0.238 e. The second-order valence-corrected chi connectivity index (χ2v) is 10.1. The van der Waals surface area contributed by atoms with Crippen molar-refractivity contribution in [2.45, 2.75) is 52.5 Å². The van der Waals surface area contributed by atoms with Crippen LogP contribution in [-0.2, 0) is 24.6 Å². The molecule has 1 aromatic carbocycles. The first-order valence-corrected chi connectivity index (χ1v) is 9.72. The van der Waals surface area contributed by atoms with Crippen molar-refractivity contribution in [1.82, 2.24) is 4.90 Å². The van der Waals surface area contributed by atoms with Crippen molar-refractivity contribution in [2.75, 3.05) is 4.90 Å². The van der Waals surface area contributed by atoms with Crippen LogP contribution in [0, 0.1) is 23.7 Å². The number of carbonyl (C=O) groups is 4. The molecule has 4 amide bonds. The lowest BCUT2D eigenvalue weighted by Crippen LogP contribution is -2.50. The van der Waals surface area contributed by atoms with Crippen LogP contribution in [0.25, 0.3) is 0 Å². The number of likely N-dealkylation sites (tertiary alicyclic amines) is 1. The lowest BCUT2D eigenvalue weighted by Gasteiger charge is -2.36. The summed E-state index contributed by atoms with van der Waals surface area (Å²) in [4.78, 5) is 54.2. The summed E-state index contributed by atoms with van der Waals surface area (Å²) in [5.41, 5.74) is 0.904. The molecule has 0 bridgehead atoms. The van der Waals surface area contributed by atoms with Gasteiger partial charge in [0.15, 0.2) is 0 Å².